The Balaban J connectivity index is 1.48. The summed E-state index contributed by atoms with van der Waals surface area (Å²) in [5.41, 5.74) is 1.05. The molecular weight excluding hydrogens is 287 g/mol. The van der Waals surface area contributed by atoms with Crippen LogP contribution in [0.25, 0.3) is 0 Å². The van der Waals surface area contributed by atoms with E-state index in [0.29, 0.717) is 26.1 Å². The molecule has 122 valence electrons. The Morgan fingerprint density at radius 1 is 1.55 bits per heavy atom. The van der Waals surface area contributed by atoms with Crippen molar-refractivity contribution >= 4 is 6.09 Å². The number of amides is 1. The second-order valence-electron chi connectivity index (χ2n) is 6.28. The molecule has 1 amide bonds. The van der Waals surface area contributed by atoms with Crippen molar-refractivity contribution in [1.29, 1.82) is 0 Å². The summed E-state index contributed by atoms with van der Waals surface area (Å²) in [4.78, 5) is 13.8. The summed E-state index contributed by atoms with van der Waals surface area (Å²) in [5, 5.41) is 6.91. The molecule has 1 aromatic rings. The van der Waals surface area contributed by atoms with Crippen LogP contribution in [-0.4, -0.2) is 52.2 Å². The zero-order chi connectivity index (χ0) is 15.5. The Bertz CT molecular complexity index is 517. The van der Waals surface area contributed by atoms with Gasteiger partial charge in [-0.3, -0.25) is 9.58 Å². The molecule has 0 spiro atoms. The minimum absolute atomic E-state index is 0.00384. The fourth-order valence-electron chi connectivity index (χ4n) is 3.00. The van der Waals surface area contributed by atoms with Crippen LogP contribution in [-0.2, 0) is 18.3 Å². The number of carbonyl (C=O) groups excluding carboxylic acids is 1. The van der Waals surface area contributed by atoms with E-state index in [1.807, 2.05) is 13.2 Å². The summed E-state index contributed by atoms with van der Waals surface area (Å²) in [7, 11) is 1.86. The summed E-state index contributed by atoms with van der Waals surface area (Å²) < 4.78 is 20.7. The first-order chi connectivity index (χ1) is 10.6. The van der Waals surface area contributed by atoms with Crippen LogP contribution >= 0.6 is 0 Å². The molecule has 0 aromatic carbocycles. The fraction of sp³-hybridized carbons (Fsp3) is 0.733. The van der Waals surface area contributed by atoms with Gasteiger partial charge in [0.05, 0.1) is 6.20 Å². The highest BCUT2D eigenvalue weighted by molar-refractivity contribution is 5.67. The van der Waals surface area contributed by atoms with Crippen molar-refractivity contribution in [2.75, 3.05) is 13.1 Å². The number of nitrogens with one attached hydrogen (secondary N) is 1. The summed E-state index contributed by atoms with van der Waals surface area (Å²) in [6.45, 7) is 1.48. The quantitative estimate of drug-likeness (QED) is 0.897. The van der Waals surface area contributed by atoms with Gasteiger partial charge in [-0.25, -0.2) is 9.18 Å². The largest absolute Gasteiger partial charge is 0.446 e. The minimum atomic E-state index is -0.842. The Kier molecular flexibility index (Phi) is 4.61. The lowest BCUT2D eigenvalue weighted by Crippen LogP contribution is -2.41. The number of hydrogen-bond donors (Lipinski definition) is 1. The van der Waals surface area contributed by atoms with Gasteiger partial charge in [-0.15, -0.1) is 0 Å². The predicted octanol–water partition coefficient (Wildman–Crippen LogP) is 1.61. The third-order valence-corrected chi connectivity index (χ3v) is 4.43. The number of alkyl carbamates (subject to hydrolysis) is 1. The molecule has 1 aromatic heterocycles. The van der Waals surface area contributed by atoms with Crippen molar-refractivity contribution in [2.45, 2.75) is 50.5 Å². The first kappa shape index (κ1) is 15.3. The number of nitrogens with zero attached hydrogens (tertiary/aromatic N) is 3. The lowest BCUT2D eigenvalue weighted by molar-refractivity contribution is 0.0512. The maximum Gasteiger partial charge on any atom is 0.407 e. The van der Waals surface area contributed by atoms with Gasteiger partial charge in [0.1, 0.15) is 12.3 Å². The third kappa shape index (κ3) is 3.76. The van der Waals surface area contributed by atoms with Gasteiger partial charge in [0.25, 0.3) is 0 Å². The van der Waals surface area contributed by atoms with E-state index in [1.165, 1.54) is 0 Å². The predicted molar refractivity (Wildman–Crippen MR) is 79.0 cm³/mol. The van der Waals surface area contributed by atoms with Crippen LogP contribution in [0.5, 0.6) is 0 Å². The number of alkyl halides is 1. The van der Waals surface area contributed by atoms with Crippen molar-refractivity contribution in [2.24, 2.45) is 7.05 Å². The molecule has 1 N–H and O–H groups in total. The van der Waals surface area contributed by atoms with Crippen molar-refractivity contribution < 1.29 is 13.9 Å². The van der Waals surface area contributed by atoms with E-state index in [2.05, 4.69) is 15.3 Å². The van der Waals surface area contributed by atoms with Crippen LogP contribution in [0.4, 0.5) is 9.18 Å². The summed E-state index contributed by atoms with van der Waals surface area (Å²) in [5.74, 6) is 0. The summed E-state index contributed by atoms with van der Waals surface area (Å²) in [6, 6.07) is 0.00384. The smallest absolute Gasteiger partial charge is 0.407 e. The number of ether oxygens (including phenoxy) is 1. The third-order valence-electron chi connectivity index (χ3n) is 4.43. The summed E-state index contributed by atoms with van der Waals surface area (Å²) in [6.07, 6.45) is 6.06. The SMILES string of the molecule is Cn1cc(CN2C[C@@H](F)C[C@H]2CNC(=O)OC2CCC2)cn1. The van der Waals surface area contributed by atoms with Gasteiger partial charge in [0.15, 0.2) is 0 Å². The molecule has 2 aliphatic rings. The molecule has 0 radical (unpaired) electrons. The van der Waals surface area contributed by atoms with Crippen LogP contribution in [0.3, 0.4) is 0 Å². The standard InChI is InChI=1S/C15H23FN4O2/c1-19-8-11(6-18-19)9-20-10-12(16)5-13(20)7-17-15(21)22-14-3-2-4-14/h6,8,12-14H,2-5,7,9-10H2,1H3,(H,17,21)/t12-,13-/m0/s1. The average molecular weight is 310 g/mol. The molecule has 1 saturated carbocycles. The molecule has 1 aliphatic carbocycles. The van der Waals surface area contributed by atoms with Gasteiger partial charge in [-0.05, 0) is 25.7 Å². The molecule has 1 aliphatic heterocycles. The van der Waals surface area contributed by atoms with E-state index in [0.717, 1.165) is 24.8 Å². The van der Waals surface area contributed by atoms with Gasteiger partial charge >= 0.3 is 6.09 Å². The van der Waals surface area contributed by atoms with Crippen molar-refractivity contribution in [3.8, 4) is 0 Å². The maximum atomic E-state index is 13.7. The lowest BCUT2D eigenvalue weighted by Gasteiger charge is -2.27. The first-order valence-electron chi connectivity index (χ1n) is 7.90. The van der Waals surface area contributed by atoms with Gasteiger partial charge in [-0.2, -0.15) is 5.10 Å². The highest BCUT2D eigenvalue weighted by Crippen LogP contribution is 2.23. The van der Waals surface area contributed by atoms with Crippen LogP contribution in [0, 0.1) is 0 Å². The number of aromatic nitrogens is 2. The molecular formula is C15H23FN4O2. The van der Waals surface area contributed by atoms with Crippen molar-refractivity contribution in [1.82, 2.24) is 20.0 Å². The number of carbonyl (C=O) groups is 1. The monoisotopic (exact) mass is 310 g/mol. The lowest BCUT2D eigenvalue weighted by atomic mass is 9.96. The second-order valence-corrected chi connectivity index (χ2v) is 6.28. The maximum absolute atomic E-state index is 13.7. The van der Waals surface area contributed by atoms with Crippen LogP contribution in [0.2, 0.25) is 0 Å². The Labute approximate surface area is 129 Å². The molecule has 2 heterocycles. The van der Waals surface area contributed by atoms with Crippen LogP contribution in [0.15, 0.2) is 12.4 Å². The van der Waals surface area contributed by atoms with Crippen molar-refractivity contribution in [3.63, 3.8) is 0 Å². The van der Waals surface area contributed by atoms with E-state index in [4.69, 9.17) is 4.74 Å². The molecule has 22 heavy (non-hydrogen) atoms. The van der Waals surface area contributed by atoms with Gasteiger partial charge in [0, 0.05) is 44.5 Å². The molecule has 2 atom stereocenters. The van der Waals surface area contributed by atoms with E-state index in [1.54, 1.807) is 10.9 Å². The number of likely N-dealkylation sites (tertiary alicyclic amines) is 1. The molecule has 7 heteroatoms. The first-order valence-corrected chi connectivity index (χ1v) is 7.90. The zero-order valence-electron chi connectivity index (χ0n) is 12.9. The average Bonchev–Trinajstić information content (AvgIpc) is 2.98. The minimum Gasteiger partial charge on any atom is -0.446 e. The van der Waals surface area contributed by atoms with E-state index in [9.17, 15) is 9.18 Å². The van der Waals surface area contributed by atoms with E-state index in [-0.39, 0.29) is 18.2 Å². The molecule has 3 rings (SSSR count). The number of halogens is 1. The number of rotatable bonds is 5. The molecule has 0 unspecified atom stereocenters. The topological polar surface area (TPSA) is 59.4 Å². The molecule has 0 bridgehead atoms. The number of hydrogen-bond acceptors (Lipinski definition) is 4. The molecule has 6 nitrogen and oxygen atoms in total. The zero-order valence-corrected chi connectivity index (χ0v) is 12.9. The Morgan fingerprint density at radius 2 is 2.36 bits per heavy atom. The highest BCUT2D eigenvalue weighted by Gasteiger charge is 2.32. The Hall–Kier alpha value is -1.63. The summed E-state index contributed by atoms with van der Waals surface area (Å²) >= 11 is 0. The number of aryl methyl sites for hydroxylation is 1. The molecule has 1 saturated heterocycles. The van der Waals surface area contributed by atoms with Crippen molar-refractivity contribution in [3.05, 3.63) is 18.0 Å². The van der Waals surface area contributed by atoms with Gasteiger partial charge < -0.3 is 10.1 Å². The van der Waals surface area contributed by atoms with Crippen LogP contribution < -0.4 is 5.32 Å². The van der Waals surface area contributed by atoms with E-state index >= 15 is 0 Å². The molecule has 2 fully saturated rings. The van der Waals surface area contributed by atoms with Gasteiger partial charge in [0.2, 0.25) is 0 Å². The van der Waals surface area contributed by atoms with Gasteiger partial charge in [-0.1, -0.05) is 0 Å². The normalized spacial score (nSPS) is 25.9. The van der Waals surface area contributed by atoms with E-state index < -0.39 is 6.17 Å². The second kappa shape index (κ2) is 6.64. The highest BCUT2D eigenvalue weighted by atomic mass is 19.1. The van der Waals surface area contributed by atoms with Crippen LogP contribution in [0.1, 0.15) is 31.2 Å². The fourth-order valence-corrected chi connectivity index (χ4v) is 3.00. The Morgan fingerprint density at radius 3 is 3.00 bits per heavy atom.